The summed E-state index contributed by atoms with van der Waals surface area (Å²) in [5.41, 5.74) is -0.729. The number of halogens is 6. The molecule has 0 saturated heterocycles. The third-order valence-electron chi connectivity index (χ3n) is 6.63. The maximum absolute atomic E-state index is 13.8. The van der Waals surface area contributed by atoms with Crippen LogP contribution in [0.15, 0.2) is 55.0 Å². The van der Waals surface area contributed by atoms with Crippen LogP contribution in [0.5, 0.6) is 5.75 Å². The number of carbonyl (C=O) groups is 1. The standard InChI is InChI=1S/C29H28F6N4O3/c1-3-18-14-37-27(38-15-18)39(17-19-5-6-21(28(30,31)32)12-24(19)29(33,34)35)9-4-10-42-22-7-8-25-23(13-22)20(16-36-25)11-26(40)41-2/h5-8,12-16,36H,3-4,9-11,17H2,1-2H3. The molecule has 0 spiro atoms. The number of aromatic amines is 1. The third kappa shape index (κ3) is 7.51. The van der Waals surface area contributed by atoms with Gasteiger partial charge in [-0.1, -0.05) is 13.0 Å². The number of hydrogen-bond donors (Lipinski definition) is 1. The van der Waals surface area contributed by atoms with Crippen LogP contribution in [0.25, 0.3) is 10.9 Å². The Bertz CT molecular complexity index is 1520. The lowest BCUT2D eigenvalue weighted by Gasteiger charge is -2.25. The summed E-state index contributed by atoms with van der Waals surface area (Å²) >= 11 is 0. The van der Waals surface area contributed by atoms with Gasteiger partial charge in [0.05, 0.1) is 31.3 Å². The van der Waals surface area contributed by atoms with Crippen molar-refractivity contribution in [2.45, 2.75) is 45.1 Å². The highest BCUT2D eigenvalue weighted by molar-refractivity contribution is 5.88. The molecule has 0 saturated carbocycles. The first kappa shape index (κ1) is 30.7. The van der Waals surface area contributed by atoms with E-state index in [1.807, 2.05) is 6.92 Å². The zero-order valence-corrected chi connectivity index (χ0v) is 22.8. The van der Waals surface area contributed by atoms with Crippen LogP contribution in [0.1, 0.15) is 41.2 Å². The van der Waals surface area contributed by atoms with Crippen LogP contribution in [0.3, 0.4) is 0 Å². The maximum Gasteiger partial charge on any atom is 0.416 e. The molecule has 0 radical (unpaired) electrons. The van der Waals surface area contributed by atoms with Crippen molar-refractivity contribution in [3.8, 4) is 5.75 Å². The lowest BCUT2D eigenvalue weighted by atomic mass is 10.0. The van der Waals surface area contributed by atoms with Gasteiger partial charge in [0.1, 0.15) is 5.75 Å². The first-order valence-corrected chi connectivity index (χ1v) is 13.0. The number of alkyl halides is 6. The van der Waals surface area contributed by atoms with Crippen LogP contribution >= 0.6 is 0 Å². The summed E-state index contributed by atoms with van der Waals surface area (Å²) in [5.74, 6) is 0.269. The average Bonchev–Trinajstić information content (AvgIpc) is 3.35. The molecule has 42 heavy (non-hydrogen) atoms. The number of anilines is 1. The van der Waals surface area contributed by atoms with E-state index in [2.05, 4.69) is 15.0 Å². The Hall–Kier alpha value is -4.29. The van der Waals surface area contributed by atoms with Gasteiger partial charge in [-0.3, -0.25) is 4.79 Å². The van der Waals surface area contributed by atoms with Crippen molar-refractivity contribution in [1.82, 2.24) is 15.0 Å². The summed E-state index contributed by atoms with van der Waals surface area (Å²) in [5, 5.41) is 0.783. The number of esters is 1. The number of aryl methyl sites for hydroxylation is 1. The summed E-state index contributed by atoms with van der Waals surface area (Å²) in [6.45, 7) is 1.86. The number of carbonyl (C=O) groups excluding carboxylic acids is 1. The normalized spacial score (nSPS) is 12.0. The van der Waals surface area contributed by atoms with Crippen molar-refractivity contribution in [1.29, 1.82) is 0 Å². The molecule has 0 atom stereocenters. The number of nitrogens with zero attached hydrogens (tertiary/aromatic N) is 3. The molecule has 2 aromatic heterocycles. The SMILES string of the molecule is CCc1cnc(N(CCCOc2ccc3[nH]cc(CC(=O)OC)c3c2)Cc2ccc(C(F)(F)F)cc2C(F)(F)F)nc1. The first-order chi connectivity index (χ1) is 19.9. The molecule has 0 aliphatic rings. The lowest BCUT2D eigenvalue weighted by Crippen LogP contribution is -2.28. The smallest absolute Gasteiger partial charge is 0.416 e. The Balaban J connectivity index is 1.51. The Morgan fingerprint density at radius 2 is 1.71 bits per heavy atom. The Morgan fingerprint density at radius 3 is 2.36 bits per heavy atom. The fourth-order valence-electron chi connectivity index (χ4n) is 4.37. The lowest BCUT2D eigenvalue weighted by molar-refractivity contribution is -0.143. The maximum atomic E-state index is 13.8. The van der Waals surface area contributed by atoms with Gasteiger partial charge in [0.25, 0.3) is 0 Å². The van der Waals surface area contributed by atoms with Gasteiger partial charge in [0, 0.05) is 42.6 Å². The zero-order chi connectivity index (χ0) is 30.5. The van der Waals surface area contributed by atoms with Crippen LogP contribution in [-0.4, -0.2) is 41.2 Å². The van der Waals surface area contributed by atoms with E-state index in [0.29, 0.717) is 24.7 Å². The molecule has 1 N–H and O–H groups in total. The van der Waals surface area contributed by atoms with Crippen molar-refractivity contribution >= 4 is 22.8 Å². The number of aromatic nitrogens is 3. The number of rotatable bonds is 11. The Kier molecular flexibility index (Phi) is 9.27. The number of hydrogen-bond acceptors (Lipinski definition) is 6. The highest BCUT2D eigenvalue weighted by Crippen LogP contribution is 2.38. The molecule has 2 heterocycles. The monoisotopic (exact) mass is 594 g/mol. The van der Waals surface area contributed by atoms with Gasteiger partial charge < -0.3 is 19.4 Å². The topological polar surface area (TPSA) is 80.3 Å². The van der Waals surface area contributed by atoms with Crippen molar-refractivity contribution in [2.75, 3.05) is 25.2 Å². The molecule has 4 aromatic rings. The van der Waals surface area contributed by atoms with Crippen LogP contribution < -0.4 is 9.64 Å². The molecule has 13 heteroatoms. The molecule has 7 nitrogen and oxygen atoms in total. The number of benzene rings is 2. The van der Waals surface area contributed by atoms with Crippen LogP contribution in [-0.2, 0) is 41.3 Å². The van der Waals surface area contributed by atoms with E-state index < -0.39 is 29.4 Å². The summed E-state index contributed by atoms with van der Waals surface area (Å²) in [4.78, 5) is 24.8. The van der Waals surface area contributed by atoms with E-state index in [1.54, 1.807) is 36.8 Å². The fourth-order valence-corrected chi connectivity index (χ4v) is 4.37. The number of fused-ring (bicyclic) bond motifs is 1. The van der Waals surface area contributed by atoms with E-state index >= 15 is 0 Å². The minimum Gasteiger partial charge on any atom is -0.494 e. The number of nitrogens with one attached hydrogen (secondary N) is 1. The second kappa shape index (κ2) is 12.7. The molecule has 0 aliphatic heterocycles. The molecular weight excluding hydrogens is 566 g/mol. The Labute approximate surface area is 237 Å². The van der Waals surface area contributed by atoms with Crippen LogP contribution in [0.4, 0.5) is 32.3 Å². The molecule has 0 unspecified atom stereocenters. The molecule has 0 fully saturated rings. The molecule has 4 rings (SSSR count). The van der Waals surface area contributed by atoms with E-state index in [-0.39, 0.29) is 43.7 Å². The summed E-state index contributed by atoms with van der Waals surface area (Å²) in [7, 11) is 1.31. The van der Waals surface area contributed by atoms with Gasteiger partial charge in [-0.25, -0.2) is 9.97 Å². The Morgan fingerprint density at radius 1 is 0.976 bits per heavy atom. The van der Waals surface area contributed by atoms with Gasteiger partial charge in [-0.2, -0.15) is 26.3 Å². The number of H-pyrrole nitrogens is 1. The van der Waals surface area contributed by atoms with E-state index in [1.165, 1.54) is 12.0 Å². The molecule has 2 aromatic carbocycles. The predicted molar refractivity (Wildman–Crippen MR) is 143 cm³/mol. The van der Waals surface area contributed by atoms with Crippen LogP contribution in [0, 0.1) is 0 Å². The summed E-state index contributed by atoms with van der Waals surface area (Å²) < 4.78 is 91.5. The molecule has 0 aliphatic carbocycles. The van der Waals surface area contributed by atoms with Gasteiger partial charge in [0.15, 0.2) is 0 Å². The largest absolute Gasteiger partial charge is 0.494 e. The van der Waals surface area contributed by atoms with Crippen molar-refractivity contribution in [3.05, 3.63) is 82.8 Å². The number of ether oxygens (including phenoxy) is 2. The molecular formula is C29H28F6N4O3. The highest BCUT2D eigenvalue weighted by atomic mass is 19.4. The minimum absolute atomic E-state index is 0.0790. The predicted octanol–water partition coefficient (Wildman–Crippen LogP) is 6.75. The van der Waals surface area contributed by atoms with Crippen molar-refractivity contribution < 1.29 is 40.6 Å². The number of methoxy groups -OCH3 is 1. The van der Waals surface area contributed by atoms with Crippen LogP contribution in [0.2, 0.25) is 0 Å². The van der Waals surface area contributed by atoms with Gasteiger partial charge >= 0.3 is 18.3 Å². The summed E-state index contributed by atoms with van der Waals surface area (Å²) in [6.07, 6.45) is -4.03. The van der Waals surface area contributed by atoms with E-state index in [4.69, 9.17) is 9.47 Å². The van der Waals surface area contributed by atoms with Gasteiger partial charge in [-0.15, -0.1) is 0 Å². The molecule has 224 valence electrons. The van der Waals surface area contributed by atoms with Gasteiger partial charge in [0.2, 0.25) is 5.95 Å². The van der Waals surface area contributed by atoms with Crippen molar-refractivity contribution in [3.63, 3.8) is 0 Å². The zero-order valence-electron chi connectivity index (χ0n) is 22.8. The van der Waals surface area contributed by atoms with Crippen molar-refractivity contribution in [2.24, 2.45) is 0 Å². The second-order valence-electron chi connectivity index (χ2n) is 9.51. The second-order valence-corrected chi connectivity index (χ2v) is 9.51. The molecule has 0 amide bonds. The third-order valence-corrected chi connectivity index (χ3v) is 6.63. The average molecular weight is 595 g/mol. The van der Waals surface area contributed by atoms with Gasteiger partial charge in [-0.05, 0) is 59.9 Å². The first-order valence-electron chi connectivity index (χ1n) is 13.0. The molecule has 0 bridgehead atoms. The highest BCUT2D eigenvalue weighted by Gasteiger charge is 2.38. The summed E-state index contributed by atoms with van der Waals surface area (Å²) in [6, 6.07) is 6.91. The fraction of sp³-hybridized carbons (Fsp3) is 0.345. The van der Waals surface area contributed by atoms with E-state index in [0.717, 1.165) is 28.1 Å². The van der Waals surface area contributed by atoms with E-state index in [9.17, 15) is 31.1 Å². The minimum atomic E-state index is -5.00. The quantitative estimate of drug-likeness (QED) is 0.118.